The fourth-order valence-corrected chi connectivity index (χ4v) is 3.79. The van der Waals surface area contributed by atoms with Crippen LogP contribution in [0, 0.1) is 13.8 Å². The summed E-state index contributed by atoms with van der Waals surface area (Å²) in [6, 6.07) is 8.76. The topological polar surface area (TPSA) is 28.7 Å². The molecule has 0 amide bonds. The van der Waals surface area contributed by atoms with Crippen LogP contribution >= 0.6 is 0 Å². The van der Waals surface area contributed by atoms with Crippen molar-refractivity contribution in [3.8, 4) is 11.1 Å². The van der Waals surface area contributed by atoms with E-state index in [0.29, 0.717) is 0 Å². The number of hydrogen-bond acceptors (Lipinski definition) is 1. The monoisotopic (exact) mass is 346 g/mol. The predicted octanol–water partition coefficient (Wildman–Crippen LogP) is 6.96. The van der Waals surface area contributed by atoms with Crippen LogP contribution in [0.25, 0.3) is 28.1 Å². The van der Waals surface area contributed by atoms with Crippen LogP contribution in [0.4, 0.5) is 0 Å². The minimum atomic E-state index is 0.163. The van der Waals surface area contributed by atoms with Crippen LogP contribution in [0.1, 0.15) is 63.1 Å². The number of hydrogen-bond donors (Lipinski definition) is 1. The molecule has 0 spiro atoms. The highest BCUT2D eigenvalue weighted by Crippen LogP contribution is 2.40. The molecule has 0 atom stereocenters. The lowest BCUT2D eigenvalue weighted by atomic mass is 9.78. The summed E-state index contributed by atoms with van der Waals surface area (Å²) >= 11 is 0. The van der Waals surface area contributed by atoms with Gasteiger partial charge in [0.15, 0.2) is 0 Å². The zero-order valence-electron chi connectivity index (χ0n) is 16.9. The molecule has 1 N–H and O–H groups in total. The van der Waals surface area contributed by atoms with Crippen LogP contribution in [0.5, 0.6) is 0 Å². The number of rotatable bonds is 5. The highest BCUT2D eigenvalue weighted by Gasteiger charge is 2.24. The van der Waals surface area contributed by atoms with Gasteiger partial charge in [-0.3, -0.25) is 4.98 Å². The number of nitrogens with one attached hydrogen (secondary N) is 1. The van der Waals surface area contributed by atoms with Gasteiger partial charge in [0.25, 0.3) is 0 Å². The van der Waals surface area contributed by atoms with Crippen molar-refractivity contribution in [2.75, 3.05) is 0 Å². The summed E-state index contributed by atoms with van der Waals surface area (Å²) in [5.74, 6) is 0. The van der Waals surface area contributed by atoms with E-state index in [1.807, 2.05) is 12.3 Å². The molecule has 2 heteroatoms. The molecule has 3 rings (SSSR count). The molecule has 2 nitrogen and oxygen atoms in total. The molecular formula is C24H30N2. The summed E-state index contributed by atoms with van der Waals surface area (Å²) in [5.41, 5.74) is 8.90. The van der Waals surface area contributed by atoms with Gasteiger partial charge in [-0.05, 0) is 61.4 Å². The molecule has 0 bridgehead atoms. The van der Waals surface area contributed by atoms with Gasteiger partial charge in [-0.2, -0.15) is 0 Å². The first-order valence-electron chi connectivity index (χ1n) is 9.65. The van der Waals surface area contributed by atoms with Crippen molar-refractivity contribution in [1.82, 2.24) is 9.97 Å². The Hall–Kier alpha value is -2.35. The number of benzene rings is 1. The number of nitrogens with zero attached hydrogens (tertiary/aromatic N) is 1. The summed E-state index contributed by atoms with van der Waals surface area (Å²) in [6.45, 7) is 13.5. The smallest absolute Gasteiger partial charge is 0.0468 e. The number of aromatic nitrogens is 2. The maximum Gasteiger partial charge on any atom is 0.0468 e. The molecule has 0 saturated carbocycles. The fraction of sp³-hybridized carbons (Fsp3) is 0.375. The molecule has 0 radical (unpaired) electrons. The van der Waals surface area contributed by atoms with Gasteiger partial charge in [0.05, 0.1) is 0 Å². The molecule has 26 heavy (non-hydrogen) atoms. The lowest BCUT2D eigenvalue weighted by Crippen LogP contribution is -2.17. The van der Waals surface area contributed by atoms with E-state index in [1.54, 1.807) is 0 Å². The van der Waals surface area contributed by atoms with Crippen molar-refractivity contribution in [3.05, 3.63) is 59.1 Å². The van der Waals surface area contributed by atoms with Crippen molar-refractivity contribution in [3.63, 3.8) is 0 Å². The second-order valence-corrected chi connectivity index (χ2v) is 7.76. The molecule has 0 saturated heterocycles. The average Bonchev–Trinajstić information content (AvgIpc) is 2.99. The van der Waals surface area contributed by atoms with E-state index in [0.717, 1.165) is 18.5 Å². The van der Waals surface area contributed by atoms with Gasteiger partial charge in [-0.15, -0.1) is 0 Å². The van der Waals surface area contributed by atoms with Gasteiger partial charge >= 0.3 is 0 Å². The zero-order valence-corrected chi connectivity index (χ0v) is 16.9. The van der Waals surface area contributed by atoms with E-state index in [4.69, 9.17) is 0 Å². The minimum Gasteiger partial charge on any atom is -0.354 e. The normalized spacial score (nSPS) is 12.4. The molecule has 1 aromatic carbocycles. The Morgan fingerprint density at radius 1 is 1.12 bits per heavy atom. The third kappa shape index (κ3) is 3.09. The second kappa shape index (κ2) is 7.11. The van der Waals surface area contributed by atoms with Crippen LogP contribution in [0.2, 0.25) is 0 Å². The first-order chi connectivity index (χ1) is 12.4. The largest absolute Gasteiger partial charge is 0.354 e. The third-order valence-corrected chi connectivity index (χ3v) is 5.66. The molecule has 0 aliphatic carbocycles. The number of pyridine rings is 1. The van der Waals surface area contributed by atoms with Crippen LogP contribution in [-0.4, -0.2) is 9.97 Å². The summed E-state index contributed by atoms with van der Waals surface area (Å²) in [4.78, 5) is 8.19. The van der Waals surface area contributed by atoms with E-state index >= 15 is 0 Å². The van der Waals surface area contributed by atoms with Crippen molar-refractivity contribution < 1.29 is 0 Å². The van der Waals surface area contributed by atoms with Gasteiger partial charge in [0.1, 0.15) is 0 Å². The van der Waals surface area contributed by atoms with E-state index in [1.165, 1.54) is 38.9 Å². The molecule has 0 unspecified atom stereocenters. The van der Waals surface area contributed by atoms with Gasteiger partial charge < -0.3 is 4.98 Å². The van der Waals surface area contributed by atoms with E-state index in [9.17, 15) is 0 Å². The molecule has 2 heterocycles. The Kier molecular flexibility index (Phi) is 5.04. The summed E-state index contributed by atoms with van der Waals surface area (Å²) < 4.78 is 0. The molecular weight excluding hydrogens is 316 g/mol. The molecule has 136 valence electrons. The van der Waals surface area contributed by atoms with E-state index < -0.39 is 0 Å². The van der Waals surface area contributed by atoms with E-state index in [2.05, 4.69) is 81.9 Å². The number of allylic oxidation sites excluding steroid dienone is 1. The Morgan fingerprint density at radius 2 is 1.88 bits per heavy atom. The average molecular weight is 347 g/mol. The SMILES string of the molecule is CC/C=C/c1[nH]c2ccc(C(C)(C)CC)c(C)c2c1-c1cccnc1C. The Morgan fingerprint density at radius 3 is 2.54 bits per heavy atom. The molecule has 3 aromatic rings. The molecule has 0 aliphatic heterocycles. The second-order valence-electron chi connectivity index (χ2n) is 7.76. The summed E-state index contributed by atoms with van der Waals surface area (Å²) in [7, 11) is 0. The van der Waals surface area contributed by atoms with Crippen molar-refractivity contribution in [1.29, 1.82) is 0 Å². The van der Waals surface area contributed by atoms with Gasteiger partial charge in [-0.1, -0.05) is 45.9 Å². The lowest BCUT2D eigenvalue weighted by Gasteiger charge is -2.26. The molecule has 0 aliphatic rings. The third-order valence-electron chi connectivity index (χ3n) is 5.66. The standard InChI is InChI=1S/C24H30N2/c1-7-9-12-20-23(18-11-10-15-25-17(18)4)22-16(3)19(24(5,6)8-2)13-14-21(22)26-20/h9-15,26H,7-8H2,1-6H3/b12-9+. The maximum absolute atomic E-state index is 4.54. The zero-order chi connectivity index (χ0) is 18.9. The Bertz CT molecular complexity index is 958. The van der Waals surface area contributed by atoms with Crippen molar-refractivity contribution in [2.24, 2.45) is 0 Å². The summed E-state index contributed by atoms with van der Waals surface area (Å²) in [5, 5.41) is 1.33. The number of H-pyrrole nitrogens is 1. The highest BCUT2D eigenvalue weighted by molar-refractivity contribution is 6.03. The van der Waals surface area contributed by atoms with Crippen LogP contribution in [-0.2, 0) is 5.41 Å². The first kappa shape index (κ1) is 18.4. The van der Waals surface area contributed by atoms with Gasteiger partial charge in [0.2, 0.25) is 0 Å². The first-order valence-corrected chi connectivity index (χ1v) is 9.65. The maximum atomic E-state index is 4.54. The van der Waals surface area contributed by atoms with Crippen LogP contribution in [0.15, 0.2) is 36.5 Å². The Labute approximate surface area is 157 Å². The quantitative estimate of drug-likeness (QED) is 0.531. The Balaban J connectivity index is 2.40. The lowest BCUT2D eigenvalue weighted by molar-refractivity contribution is 0.504. The predicted molar refractivity (Wildman–Crippen MR) is 114 cm³/mol. The van der Waals surface area contributed by atoms with Crippen LogP contribution < -0.4 is 0 Å². The number of aryl methyl sites for hydroxylation is 2. The number of aromatic amines is 1. The number of fused-ring (bicyclic) bond motifs is 1. The van der Waals surface area contributed by atoms with Crippen LogP contribution in [0.3, 0.4) is 0 Å². The summed E-state index contributed by atoms with van der Waals surface area (Å²) in [6.07, 6.45) is 8.44. The van der Waals surface area contributed by atoms with E-state index in [-0.39, 0.29) is 5.41 Å². The van der Waals surface area contributed by atoms with Gasteiger partial charge in [-0.25, -0.2) is 0 Å². The molecule has 2 aromatic heterocycles. The van der Waals surface area contributed by atoms with Crippen molar-refractivity contribution >= 4 is 17.0 Å². The minimum absolute atomic E-state index is 0.163. The van der Waals surface area contributed by atoms with Gasteiger partial charge in [0, 0.05) is 39.6 Å². The highest BCUT2D eigenvalue weighted by atomic mass is 14.7. The molecule has 0 fully saturated rings. The van der Waals surface area contributed by atoms with Crippen molar-refractivity contribution in [2.45, 2.75) is 59.8 Å². The fourth-order valence-electron chi connectivity index (χ4n) is 3.79.